The minimum absolute atomic E-state index is 0.385. The van der Waals surface area contributed by atoms with Gasteiger partial charge in [0.15, 0.2) is 0 Å². The maximum Gasteiger partial charge on any atom is 0.330 e. The monoisotopic (exact) mass is 380 g/mol. The third-order valence-corrected chi connectivity index (χ3v) is 3.90. The Morgan fingerprint density at radius 2 is 2.05 bits per heavy atom. The topological polar surface area (TPSA) is 35.5 Å². The minimum atomic E-state index is -0.393. The quantitative estimate of drug-likeness (QED) is 0.547. The molecule has 0 atom stereocenters. The number of esters is 1. The first-order valence-electron chi connectivity index (χ1n) is 6.52. The van der Waals surface area contributed by atoms with E-state index in [0.717, 1.165) is 15.6 Å². The van der Waals surface area contributed by atoms with Crippen LogP contribution in [0, 0.1) is 0 Å². The Labute approximate surface area is 142 Å². The van der Waals surface area contributed by atoms with Gasteiger partial charge in [-0.25, -0.2) is 4.79 Å². The Morgan fingerprint density at radius 3 is 2.73 bits per heavy atom. The van der Waals surface area contributed by atoms with Gasteiger partial charge in [-0.2, -0.15) is 0 Å². The van der Waals surface area contributed by atoms with Crippen molar-refractivity contribution in [1.82, 2.24) is 0 Å². The van der Waals surface area contributed by atoms with Crippen molar-refractivity contribution in [2.45, 2.75) is 6.61 Å². The number of hydrogen-bond acceptors (Lipinski definition) is 3. The maximum atomic E-state index is 11.1. The molecule has 0 N–H and O–H groups in total. The third kappa shape index (κ3) is 4.61. The van der Waals surface area contributed by atoms with Crippen LogP contribution in [0.2, 0.25) is 5.02 Å². The Morgan fingerprint density at radius 1 is 1.27 bits per heavy atom. The minimum Gasteiger partial charge on any atom is -0.488 e. The van der Waals surface area contributed by atoms with Crippen molar-refractivity contribution in [3.8, 4) is 5.75 Å². The first-order chi connectivity index (χ1) is 10.6. The van der Waals surface area contributed by atoms with E-state index in [1.165, 1.54) is 13.2 Å². The number of carbonyl (C=O) groups is 1. The summed E-state index contributed by atoms with van der Waals surface area (Å²) < 4.78 is 11.1. The molecular formula is C17H14BrClO3. The molecule has 2 aromatic carbocycles. The van der Waals surface area contributed by atoms with Crippen molar-refractivity contribution in [2.75, 3.05) is 7.11 Å². The number of benzene rings is 2. The van der Waals surface area contributed by atoms with Gasteiger partial charge >= 0.3 is 5.97 Å². The molecule has 0 heterocycles. The van der Waals surface area contributed by atoms with Gasteiger partial charge < -0.3 is 9.47 Å². The highest BCUT2D eigenvalue weighted by Crippen LogP contribution is 2.28. The smallest absolute Gasteiger partial charge is 0.330 e. The summed E-state index contributed by atoms with van der Waals surface area (Å²) in [5, 5.41) is 0.677. The zero-order chi connectivity index (χ0) is 15.9. The lowest BCUT2D eigenvalue weighted by Crippen LogP contribution is -1.97. The molecule has 5 heteroatoms. The summed E-state index contributed by atoms with van der Waals surface area (Å²) in [7, 11) is 1.34. The van der Waals surface area contributed by atoms with Gasteiger partial charge in [0.25, 0.3) is 0 Å². The van der Waals surface area contributed by atoms with Gasteiger partial charge in [-0.1, -0.05) is 35.9 Å². The average molecular weight is 382 g/mol. The fourth-order valence-corrected chi connectivity index (χ4v) is 2.44. The molecule has 0 aliphatic rings. The van der Waals surface area contributed by atoms with E-state index in [9.17, 15) is 4.79 Å². The van der Waals surface area contributed by atoms with Crippen molar-refractivity contribution in [1.29, 1.82) is 0 Å². The van der Waals surface area contributed by atoms with Crippen LogP contribution in [0.3, 0.4) is 0 Å². The summed E-state index contributed by atoms with van der Waals surface area (Å²) in [6, 6.07) is 13.1. The summed E-state index contributed by atoms with van der Waals surface area (Å²) in [6.07, 6.45) is 3.04. The molecular weight excluding hydrogens is 368 g/mol. The van der Waals surface area contributed by atoms with Crippen LogP contribution in [-0.2, 0) is 16.1 Å². The van der Waals surface area contributed by atoms with Gasteiger partial charge in [0.1, 0.15) is 12.4 Å². The number of hydrogen-bond donors (Lipinski definition) is 0. The normalized spacial score (nSPS) is 10.7. The van der Waals surface area contributed by atoms with Gasteiger partial charge in [0.2, 0.25) is 0 Å². The predicted octanol–water partition coefficient (Wildman–Crippen LogP) is 4.87. The molecule has 0 radical (unpaired) electrons. The van der Waals surface area contributed by atoms with Crippen molar-refractivity contribution in [3.05, 3.63) is 69.2 Å². The average Bonchev–Trinajstić information content (AvgIpc) is 2.53. The highest BCUT2D eigenvalue weighted by molar-refractivity contribution is 9.10. The fraction of sp³-hybridized carbons (Fsp3) is 0.118. The predicted molar refractivity (Wildman–Crippen MR) is 91.0 cm³/mol. The van der Waals surface area contributed by atoms with E-state index in [4.69, 9.17) is 16.3 Å². The van der Waals surface area contributed by atoms with E-state index in [0.29, 0.717) is 17.4 Å². The maximum absolute atomic E-state index is 11.1. The molecule has 2 rings (SSSR count). The number of carbonyl (C=O) groups excluding carboxylic acids is 1. The molecule has 22 heavy (non-hydrogen) atoms. The fourth-order valence-electron chi connectivity index (χ4n) is 1.74. The van der Waals surface area contributed by atoms with Crippen LogP contribution in [0.15, 0.2) is 53.0 Å². The number of halogens is 2. The summed E-state index contributed by atoms with van der Waals surface area (Å²) in [5.74, 6) is 0.310. The van der Waals surface area contributed by atoms with Crippen LogP contribution >= 0.6 is 27.5 Å². The Bertz CT molecular complexity index is 698. The number of rotatable bonds is 5. The number of methoxy groups -OCH3 is 1. The van der Waals surface area contributed by atoms with E-state index >= 15 is 0 Å². The molecule has 0 amide bonds. The van der Waals surface area contributed by atoms with Crippen LogP contribution in [0.5, 0.6) is 5.75 Å². The van der Waals surface area contributed by atoms with Crippen LogP contribution < -0.4 is 4.74 Å². The molecule has 0 saturated heterocycles. The highest BCUT2D eigenvalue weighted by atomic mass is 79.9. The second-order valence-electron chi connectivity index (χ2n) is 4.43. The zero-order valence-corrected chi connectivity index (χ0v) is 14.2. The number of ether oxygens (including phenoxy) is 2. The van der Waals surface area contributed by atoms with Crippen LogP contribution in [-0.4, -0.2) is 13.1 Å². The van der Waals surface area contributed by atoms with E-state index in [-0.39, 0.29) is 0 Å². The van der Waals surface area contributed by atoms with Crippen LogP contribution in [0.4, 0.5) is 0 Å². The summed E-state index contributed by atoms with van der Waals surface area (Å²) in [6.45, 7) is 0.385. The highest BCUT2D eigenvalue weighted by Gasteiger charge is 2.04. The van der Waals surface area contributed by atoms with Crippen molar-refractivity contribution >= 4 is 39.6 Å². The lowest BCUT2D eigenvalue weighted by atomic mass is 10.2. The van der Waals surface area contributed by atoms with Crippen molar-refractivity contribution < 1.29 is 14.3 Å². The molecule has 0 unspecified atom stereocenters. The van der Waals surface area contributed by atoms with Crippen molar-refractivity contribution in [2.24, 2.45) is 0 Å². The molecule has 0 aliphatic heterocycles. The first kappa shape index (κ1) is 16.6. The molecule has 0 bridgehead atoms. The van der Waals surface area contributed by atoms with Gasteiger partial charge in [-0.3, -0.25) is 0 Å². The molecule has 3 nitrogen and oxygen atoms in total. The van der Waals surface area contributed by atoms with Gasteiger partial charge in [-0.05, 0) is 45.8 Å². The lowest BCUT2D eigenvalue weighted by molar-refractivity contribution is -0.134. The molecule has 2 aromatic rings. The van der Waals surface area contributed by atoms with Gasteiger partial charge in [0, 0.05) is 16.7 Å². The second kappa shape index (κ2) is 8.01. The Balaban J connectivity index is 2.05. The van der Waals surface area contributed by atoms with E-state index in [1.54, 1.807) is 6.08 Å². The second-order valence-corrected chi connectivity index (χ2v) is 5.69. The SMILES string of the molecule is COC(=O)/C=C/c1ccc(OCc2ccccc2Cl)c(Br)c1. The molecule has 0 aliphatic carbocycles. The van der Waals surface area contributed by atoms with E-state index in [1.807, 2.05) is 42.5 Å². The van der Waals surface area contributed by atoms with Crippen LogP contribution in [0.1, 0.15) is 11.1 Å². The molecule has 0 saturated carbocycles. The van der Waals surface area contributed by atoms with Gasteiger partial charge in [-0.15, -0.1) is 0 Å². The first-order valence-corrected chi connectivity index (χ1v) is 7.69. The molecule has 0 fully saturated rings. The molecule has 0 aromatic heterocycles. The van der Waals surface area contributed by atoms with E-state index in [2.05, 4.69) is 20.7 Å². The summed E-state index contributed by atoms with van der Waals surface area (Å²) in [4.78, 5) is 11.1. The third-order valence-electron chi connectivity index (χ3n) is 2.91. The van der Waals surface area contributed by atoms with Gasteiger partial charge in [0.05, 0.1) is 11.6 Å². The standard InChI is InChI=1S/C17H14BrClO3/c1-21-17(20)9-7-12-6-8-16(14(18)10-12)22-11-13-4-2-3-5-15(13)19/h2-10H,11H2,1H3/b9-7+. The Kier molecular flexibility index (Phi) is 6.04. The lowest BCUT2D eigenvalue weighted by Gasteiger charge is -2.10. The summed E-state index contributed by atoms with van der Waals surface area (Å²) in [5.41, 5.74) is 1.79. The van der Waals surface area contributed by atoms with Crippen LogP contribution in [0.25, 0.3) is 6.08 Å². The summed E-state index contributed by atoms with van der Waals surface area (Å²) >= 11 is 9.55. The zero-order valence-electron chi connectivity index (χ0n) is 11.9. The Hall–Kier alpha value is -1.78. The van der Waals surface area contributed by atoms with E-state index < -0.39 is 5.97 Å². The molecule has 0 spiro atoms. The van der Waals surface area contributed by atoms with Crippen molar-refractivity contribution in [3.63, 3.8) is 0 Å². The molecule has 114 valence electrons. The largest absolute Gasteiger partial charge is 0.488 e.